The Bertz CT molecular complexity index is 1850. The number of halogens is 9. The van der Waals surface area contributed by atoms with Gasteiger partial charge in [0.2, 0.25) is 0 Å². The molecule has 5 rings (SSSR count). The normalized spacial score (nSPS) is 12.0. The van der Waals surface area contributed by atoms with Crippen molar-refractivity contribution in [2.45, 2.75) is 44.9 Å². The summed E-state index contributed by atoms with van der Waals surface area (Å²) in [6.45, 7) is 2.09. The highest BCUT2D eigenvalue weighted by Crippen LogP contribution is 2.38. The molecule has 0 spiro atoms. The summed E-state index contributed by atoms with van der Waals surface area (Å²) in [7, 11) is 0. The molecule has 0 aliphatic carbocycles. The van der Waals surface area contributed by atoms with Crippen LogP contribution in [0.4, 0.5) is 39.5 Å². The van der Waals surface area contributed by atoms with Crippen LogP contribution < -0.4 is 4.74 Å². The Morgan fingerprint density at radius 1 is 0.617 bits per heavy atom. The highest BCUT2D eigenvalue weighted by Gasteiger charge is 2.39. The van der Waals surface area contributed by atoms with Gasteiger partial charge >= 0.3 is 12.3 Å². The second kappa shape index (κ2) is 13.5. The van der Waals surface area contributed by atoms with Gasteiger partial charge in [0, 0.05) is 23.5 Å². The monoisotopic (exact) mass is 660 g/mol. The number of ether oxygens (including phenoxy) is 1. The predicted octanol–water partition coefficient (Wildman–Crippen LogP) is 10.9. The Hall–Kier alpha value is -4.87. The van der Waals surface area contributed by atoms with Gasteiger partial charge in [-0.25, -0.2) is 27.5 Å². The van der Waals surface area contributed by atoms with Crippen molar-refractivity contribution >= 4 is 0 Å². The maximum Gasteiger partial charge on any atom is 0.429 e. The zero-order valence-corrected chi connectivity index (χ0v) is 24.6. The minimum atomic E-state index is -5.27. The number of unbranched alkanes of at least 4 members (excludes halogenated alkanes) is 2. The van der Waals surface area contributed by atoms with Crippen LogP contribution in [-0.4, -0.2) is 9.97 Å². The average Bonchev–Trinajstić information content (AvgIpc) is 3.00. The van der Waals surface area contributed by atoms with E-state index in [0.29, 0.717) is 17.7 Å². The van der Waals surface area contributed by atoms with Crippen molar-refractivity contribution in [1.29, 1.82) is 0 Å². The first kappa shape index (κ1) is 33.5. The molecule has 12 heteroatoms. The van der Waals surface area contributed by atoms with Gasteiger partial charge in [-0.2, -0.15) is 22.0 Å². The Balaban J connectivity index is 1.29. The lowest BCUT2D eigenvalue weighted by molar-refractivity contribution is -0.187. The topological polar surface area (TPSA) is 35.0 Å². The number of hydrogen-bond acceptors (Lipinski definition) is 3. The number of alkyl halides is 5. The highest BCUT2D eigenvalue weighted by atomic mass is 19.4. The van der Waals surface area contributed by atoms with Crippen molar-refractivity contribution in [3.8, 4) is 39.4 Å². The van der Waals surface area contributed by atoms with Gasteiger partial charge in [-0.3, -0.25) is 0 Å². The molecule has 47 heavy (non-hydrogen) atoms. The van der Waals surface area contributed by atoms with Crippen LogP contribution in [0.15, 0.2) is 85.2 Å². The van der Waals surface area contributed by atoms with E-state index in [0.717, 1.165) is 67.6 Å². The smallest absolute Gasteiger partial charge is 0.429 e. The van der Waals surface area contributed by atoms with E-state index in [1.807, 2.05) is 0 Å². The predicted molar refractivity (Wildman–Crippen MR) is 157 cm³/mol. The van der Waals surface area contributed by atoms with Gasteiger partial charge < -0.3 is 4.74 Å². The molecule has 5 aromatic rings. The lowest BCUT2D eigenvalue weighted by atomic mass is 9.98. The number of hydrogen-bond donors (Lipinski definition) is 0. The van der Waals surface area contributed by atoms with Gasteiger partial charge in [-0.1, -0.05) is 50.1 Å². The molecule has 0 radical (unpaired) electrons. The first-order valence-corrected chi connectivity index (χ1v) is 14.4. The third-order valence-corrected chi connectivity index (χ3v) is 7.35. The van der Waals surface area contributed by atoms with Crippen molar-refractivity contribution in [3.05, 3.63) is 125 Å². The van der Waals surface area contributed by atoms with Crippen LogP contribution in [-0.2, 0) is 18.7 Å². The summed E-state index contributed by atoms with van der Waals surface area (Å²) in [5.41, 5.74) is -2.25. The first-order chi connectivity index (χ1) is 22.3. The molecule has 0 amide bonds. The van der Waals surface area contributed by atoms with E-state index in [2.05, 4.69) is 16.9 Å². The SMILES string of the molecule is CCCCCc1cnc(-c2ccc(C(F)(F)Oc3ccc(-c4ccc(-c5cc(F)c(C(F)(F)F)c(F)c5)c(F)c4)cc3)c(F)c2)nc1. The minimum absolute atomic E-state index is 0.178. The molecule has 244 valence electrons. The van der Waals surface area contributed by atoms with Crippen molar-refractivity contribution in [2.75, 3.05) is 0 Å². The van der Waals surface area contributed by atoms with Crippen molar-refractivity contribution in [2.24, 2.45) is 0 Å². The Labute approximate surface area is 263 Å². The van der Waals surface area contributed by atoms with Crippen LogP contribution in [0.2, 0.25) is 0 Å². The van der Waals surface area contributed by atoms with Gasteiger partial charge in [-0.15, -0.1) is 0 Å². The standard InChI is InChI=1S/C35H25F9N2O/c1-2-3-4-5-20-18-45-33(46-19-20)23-9-13-27(29(37)15-23)35(43,44)47-25-10-6-21(7-11-25)22-8-12-26(28(36)14-22)24-16-30(38)32(31(39)17-24)34(40,41)42/h6-19H,2-5H2,1H3. The minimum Gasteiger partial charge on any atom is -0.429 e. The Morgan fingerprint density at radius 2 is 1.19 bits per heavy atom. The quantitative estimate of drug-likeness (QED) is 0.110. The van der Waals surface area contributed by atoms with E-state index in [9.17, 15) is 30.7 Å². The van der Waals surface area contributed by atoms with Crippen molar-refractivity contribution < 1.29 is 44.3 Å². The zero-order chi connectivity index (χ0) is 33.9. The number of aryl methyl sites for hydroxylation is 1. The van der Waals surface area contributed by atoms with Gasteiger partial charge in [0.1, 0.15) is 34.6 Å². The van der Waals surface area contributed by atoms with E-state index in [1.165, 1.54) is 24.3 Å². The summed E-state index contributed by atoms with van der Waals surface area (Å²) < 4.78 is 131. The van der Waals surface area contributed by atoms with Gasteiger partial charge in [0.25, 0.3) is 0 Å². The van der Waals surface area contributed by atoms with Crippen LogP contribution in [0.3, 0.4) is 0 Å². The molecular weight excluding hydrogens is 635 g/mol. The molecule has 0 saturated heterocycles. The van der Waals surface area contributed by atoms with Crippen molar-refractivity contribution in [1.82, 2.24) is 9.97 Å². The molecule has 3 nitrogen and oxygen atoms in total. The van der Waals surface area contributed by atoms with Crippen molar-refractivity contribution in [3.63, 3.8) is 0 Å². The van der Waals surface area contributed by atoms with E-state index in [-0.39, 0.29) is 28.3 Å². The van der Waals surface area contributed by atoms with Crippen LogP contribution in [0.1, 0.15) is 42.9 Å². The fourth-order valence-electron chi connectivity index (χ4n) is 4.95. The third-order valence-electron chi connectivity index (χ3n) is 7.35. The summed E-state index contributed by atoms with van der Waals surface area (Å²) in [5.74, 6) is -6.18. The zero-order valence-electron chi connectivity index (χ0n) is 24.6. The van der Waals surface area contributed by atoms with Crippen LogP contribution in [0, 0.1) is 23.3 Å². The number of aromatic nitrogens is 2. The number of rotatable bonds is 10. The van der Waals surface area contributed by atoms with E-state index < -0.39 is 52.2 Å². The molecule has 1 heterocycles. The molecule has 0 unspecified atom stereocenters. The molecule has 0 aliphatic heterocycles. The summed E-state index contributed by atoms with van der Waals surface area (Å²) in [4.78, 5) is 8.44. The summed E-state index contributed by atoms with van der Waals surface area (Å²) in [6.07, 6.45) is -2.20. The van der Waals surface area contributed by atoms with E-state index >= 15 is 8.78 Å². The van der Waals surface area contributed by atoms with Gasteiger partial charge in [0.15, 0.2) is 5.82 Å². The maximum absolute atomic E-state index is 15.0. The largest absolute Gasteiger partial charge is 0.429 e. The van der Waals surface area contributed by atoms with Gasteiger partial charge in [0.05, 0.1) is 5.56 Å². The fourth-order valence-corrected chi connectivity index (χ4v) is 4.95. The fraction of sp³-hybridized carbons (Fsp3) is 0.200. The highest BCUT2D eigenvalue weighted by molar-refractivity contribution is 5.71. The Kier molecular flexibility index (Phi) is 9.60. The van der Waals surface area contributed by atoms with Crippen LogP contribution in [0.5, 0.6) is 5.75 Å². The molecule has 0 bridgehead atoms. The molecule has 0 fully saturated rings. The summed E-state index contributed by atoms with van der Waals surface area (Å²) >= 11 is 0. The van der Waals surface area contributed by atoms with E-state index in [1.54, 1.807) is 12.4 Å². The summed E-state index contributed by atoms with van der Waals surface area (Å²) in [5, 5.41) is 0. The molecular formula is C35H25F9N2O. The van der Waals surface area contributed by atoms with Gasteiger partial charge in [-0.05, 0) is 77.6 Å². The van der Waals surface area contributed by atoms with Crippen LogP contribution >= 0.6 is 0 Å². The second-order valence-corrected chi connectivity index (χ2v) is 10.7. The molecule has 0 aliphatic rings. The Morgan fingerprint density at radius 3 is 1.77 bits per heavy atom. The summed E-state index contributed by atoms with van der Waals surface area (Å²) in [6, 6.07) is 12.2. The van der Waals surface area contributed by atoms with Crippen LogP contribution in [0.25, 0.3) is 33.6 Å². The molecule has 0 saturated carbocycles. The number of nitrogens with zero attached hydrogens (tertiary/aromatic N) is 2. The third kappa shape index (κ3) is 7.58. The number of benzene rings is 4. The van der Waals surface area contributed by atoms with E-state index in [4.69, 9.17) is 4.74 Å². The molecule has 4 aromatic carbocycles. The maximum atomic E-state index is 15.0. The second-order valence-electron chi connectivity index (χ2n) is 10.7. The molecule has 0 atom stereocenters. The molecule has 1 aromatic heterocycles. The first-order valence-electron chi connectivity index (χ1n) is 14.4. The lowest BCUT2D eigenvalue weighted by Gasteiger charge is -2.19. The lowest BCUT2D eigenvalue weighted by Crippen LogP contribution is -2.23. The molecule has 0 N–H and O–H groups in total. The average molecular weight is 661 g/mol.